The van der Waals surface area contributed by atoms with E-state index < -0.39 is 0 Å². The number of rotatable bonds is 3. The fourth-order valence-electron chi connectivity index (χ4n) is 1.11. The number of nitrogens with zero attached hydrogens (tertiary/aromatic N) is 1. The zero-order valence-corrected chi connectivity index (χ0v) is 7.75. The molecule has 0 amide bonds. The number of hydrogen-bond donors (Lipinski definition) is 1. The van der Waals surface area contributed by atoms with Gasteiger partial charge in [0, 0.05) is 17.4 Å². The maximum Gasteiger partial charge on any atom is 0.0407 e. The predicted octanol–water partition coefficient (Wildman–Crippen LogP) is 1.67. The third kappa shape index (κ3) is 3.01. The molecule has 0 bridgehead atoms. The number of pyridine rings is 1. The van der Waals surface area contributed by atoms with E-state index in [9.17, 15) is 0 Å². The molecule has 2 nitrogen and oxygen atoms in total. The Morgan fingerprint density at radius 2 is 2.25 bits per heavy atom. The Kier molecular flexibility index (Phi) is 3.23. The van der Waals surface area contributed by atoms with Gasteiger partial charge in [0.05, 0.1) is 0 Å². The van der Waals surface area contributed by atoms with Gasteiger partial charge in [-0.15, -0.1) is 0 Å². The third-order valence-corrected chi connectivity index (χ3v) is 1.80. The standard InChI is InChI=1S/C10H16N2/c1-8(11)6-7-10-5-3-4-9(2)12-10/h3-5,8H,6-7,11H2,1-2H3/t8-/m0/s1. The van der Waals surface area contributed by atoms with Crippen LogP contribution in [0.5, 0.6) is 0 Å². The van der Waals surface area contributed by atoms with Crippen LogP contribution in [0.3, 0.4) is 0 Å². The summed E-state index contributed by atoms with van der Waals surface area (Å²) in [5.74, 6) is 0. The van der Waals surface area contributed by atoms with Crippen molar-refractivity contribution in [1.82, 2.24) is 4.98 Å². The van der Waals surface area contributed by atoms with E-state index in [-0.39, 0.29) is 6.04 Å². The van der Waals surface area contributed by atoms with E-state index in [1.165, 1.54) is 0 Å². The minimum atomic E-state index is 0.271. The number of nitrogens with two attached hydrogens (primary N) is 1. The van der Waals surface area contributed by atoms with Crippen molar-refractivity contribution in [2.24, 2.45) is 5.73 Å². The molecule has 0 aliphatic carbocycles. The first-order chi connectivity index (χ1) is 5.68. The van der Waals surface area contributed by atoms with Crippen LogP contribution in [-0.2, 0) is 6.42 Å². The molecule has 1 heterocycles. The topological polar surface area (TPSA) is 38.9 Å². The predicted molar refractivity (Wildman–Crippen MR) is 50.9 cm³/mol. The van der Waals surface area contributed by atoms with Gasteiger partial charge >= 0.3 is 0 Å². The fourth-order valence-corrected chi connectivity index (χ4v) is 1.11. The van der Waals surface area contributed by atoms with Gasteiger partial charge in [0.15, 0.2) is 0 Å². The van der Waals surface area contributed by atoms with Crippen LogP contribution in [0.2, 0.25) is 0 Å². The maximum absolute atomic E-state index is 5.65. The molecule has 12 heavy (non-hydrogen) atoms. The summed E-state index contributed by atoms with van der Waals surface area (Å²) in [6, 6.07) is 6.37. The van der Waals surface area contributed by atoms with Crippen molar-refractivity contribution in [2.45, 2.75) is 32.7 Å². The van der Waals surface area contributed by atoms with E-state index in [2.05, 4.69) is 11.1 Å². The smallest absolute Gasteiger partial charge is 0.0407 e. The van der Waals surface area contributed by atoms with Crippen LogP contribution < -0.4 is 5.73 Å². The summed E-state index contributed by atoms with van der Waals surface area (Å²) in [6.45, 7) is 4.03. The van der Waals surface area contributed by atoms with Crippen molar-refractivity contribution in [3.8, 4) is 0 Å². The molecule has 66 valence electrons. The second-order valence-corrected chi connectivity index (χ2v) is 3.29. The molecule has 1 rings (SSSR count). The van der Waals surface area contributed by atoms with Gasteiger partial charge in [0.1, 0.15) is 0 Å². The van der Waals surface area contributed by atoms with Gasteiger partial charge in [-0.1, -0.05) is 6.07 Å². The fraction of sp³-hybridized carbons (Fsp3) is 0.500. The summed E-state index contributed by atoms with van der Waals surface area (Å²) in [4.78, 5) is 4.39. The Morgan fingerprint density at radius 3 is 2.83 bits per heavy atom. The van der Waals surface area contributed by atoms with E-state index >= 15 is 0 Å². The summed E-state index contributed by atoms with van der Waals surface area (Å²) in [5.41, 5.74) is 7.88. The molecule has 2 N–H and O–H groups in total. The summed E-state index contributed by atoms with van der Waals surface area (Å²) in [7, 11) is 0. The average Bonchev–Trinajstić information content (AvgIpc) is 2.01. The molecule has 1 aromatic rings. The minimum Gasteiger partial charge on any atom is -0.328 e. The molecule has 0 aliphatic heterocycles. The highest BCUT2D eigenvalue weighted by molar-refractivity contribution is 5.09. The second kappa shape index (κ2) is 4.21. The zero-order chi connectivity index (χ0) is 8.97. The lowest BCUT2D eigenvalue weighted by Crippen LogP contribution is -2.15. The summed E-state index contributed by atoms with van der Waals surface area (Å²) in [6.07, 6.45) is 2.00. The molecule has 0 aliphatic rings. The van der Waals surface area contributed by atoms with Crippen LogP contribution >= 0.6 is 0 Å². The molecule has 1 aromatic heterocycles. The van der Waals surface area contributed by atoms with Gasteiger partial charge in [0.2, 0.25) is 0 Å². The Bertz CT molecular complexity index is 243. The Labute approximate surface area is 73.8 Å². The Balaban J connectivity index is 2.52. The molecule has 0 saturated heterocycles. The highest BCUT2D eigenvalue weighted by Gasteiger charge is 1.97. The first-order valence-electron chi connectivity index (χ1n) is 4.36. The molecular formula is C10H16N2. The number of aryl methyl sites for hydroxylation is 2. The van der Waals surface area contributed by atoms with Crippen molar-refractivity contribution >= 4 is 0 Å². The molecule has 0 spiro atoms. The van der Waals surface area contributed by atoms with E-state index in [0.29, 0.717) is 0 Å². The van der Waals surface area contributed by atoms with E-state index in [4.69, 9.17) is 5.73 Å². The lowest BCUT2D eigenvalue weighted by atomic mass is 10.1. The molecule has 1 atom stereocenters. The quantitative estimate of drug-likeness (QED) is 0.738. The van der Waals surface area contributed by atoms with Gasteiger partial charge in [-0.3, -0.25) is 4.98 Å². The maximum atomic E-state index is 5.65. The van der Waals surface area contributed by atoms with E-state index in [1.54, 1.807) is 0 Å². The van der Waals surface area contributed by atoms with Crippen LogP contribution in [0.25, 0.3) is 0 Å². The summed E-state index contributed by atoms with van der Waals surface area (Å²) >= 11 is 0. The van der Waals surface area contributed by atoms with Gasteiger partial charge in [-0.2, -0.15) is 0 Å². The van der Waals surface area contributed by atoms with Crippen molar-refractivity contribution in [1.29, 1.82) is 0 Å². The first kappa shape index (κ1) is 9.20. The number of aromatic nitrogens is 1. The monoisotopic (exact) mass is 164 g/mol. The average molecular weight is 164 g/mol. The van der Waals surface area contributed by atoms with Gasteiger partial charge in [-0.25, -0.2) is 0 Å². The van der Waals surface area contributed by atoms with E-state index in [0.717, 1.165) is 24.2 Å². The molecule has 0 radical (unpaired) electrons. The van der Waals surface area contributed by atoms with Crippen LogP contribution in [0.15, 0.2) is 18.2 Å². The Morgan fingerprint density at radius 1 is 1.50 bits per heavy atom. The first-order valence-corrected chi connectivity index (χ1v) is 4.36. The molecule has 0 unspecified atom stereocenters. The van der Waals surface area contributed by atoms with Crippen LogP contribution in [0.4, 0.5) is 0 Å². The van der Waals surface area contributed by atoms with Gasteiger partial charge in [0.25, 0.3) is 0 Å². The molecule has 0 fully saturated rings. The van der Waals surface area contributed by atoms with Gasteiger partial charge < -0.3 is 5.73 Å². The molecule has 0 aromatic carbocycles. The van der Waals surface area contributed by atoms with Gasteiger partial charge in [-0.05, 0) is 38.8 Å². The van der Waals surface area contributed by atoms with Crippen LogP contribution in [-0.4, -0.2) is 11.0 Å². The lowest BCUT2D eigenvalue weighted by Gasteiger charge is -2.04. The van der Waals surface area contributed by atoms with Crippen molar-refractivity contribution < 1.29 is 0 Å². The van der Waals surface area contributed by atoms with E-state index in [1.807, 2.05) is 26.0 Å². The van der Waals surface area contributed by atoms with Crippen LogP contribution in [0.1, 0.15) is 24.7 Å². The molecule has 0 saturated carbocycles. The zero-order valence-electron chi connectivity index (χ0n) is 7.75. The van der Waals surface area contributed by atoms with Crippen molar-refractivity contribution in [2.75, 3.05) is 0 Å². The van der Waals surface area contributed by atoms with Crippen molar-refractivity contribution in [3.05, 3.63) is 29.6 Å². The number of hydrogen-bond acceptors (Lipinski definition) is 2. The third-order valence-electron chi connectivity index (χ3n) is 1.80. The largest absolute Gasteiger partial charge is 0.328 e. The van der Waals surface area contributed by atoms with Crippen LogP contribution in [0, 0.1) is 6.92 Å². The highest BCUT2D eigenvalue weighted by atomic mass is 14.7. The summed E-state index contributed by atoms with van der Waals surface area (Å²) in [5, 5.41) is 0. The molecule has 2 heteroatoms. The second-order valence-electron chi connectivity index (χ2n) is 3.29. The Hall–Kier alpha value is -0.890. The molecular weight excluding hydrogens is 148 g/mol. The SMILES string of the molecule is Cc1cccc(CC[C@H](C)N)n1. The van der Waals surface area contributed by atoms with Crippen molar-refractivity contribution in [3.63, 3.8) is 0 Å². The summed E-state index contributed by atoms with van der Waals surface area (Å²) < 4.78 is 0. The highest BCUT2D eigenvalue weighted by Crippen LogP contribution is 2.02. The lowest BCUT2D eigenvalue weighted by molar-refractivity contribution is 0.657. The normalized spacial score (nSPS) is 12.9. The minimum absolute atomic E-state index is 0.271.